The van der Waals surface area contributed by atoms with Gasteiger partial charge in [-0.05, 0) is 36.6 Å². The van der Waals surface area contributed by atoms with Crippen molar-refractivity contribution in [2.75, 3.05) is 43.4 Å². The number of benzene rings is 2. The number of rotatable bonds is 10. The van der Waals surface area contributed by atoms with Crippen LogP contribution in [-0.2, 0) is 16.0 Å². The third-order valence-corrected chi connectivity index (χ3v) is 6.44. The quantitative estimate of drug-likeness (QED) is 0.315. The molecule has 2 aromatic carbocycles. The lowest BCUT2D eigenvalue weighted by molar-refractivity contribution is -0.119. The van der Waals surface area contributed by atoms with Crippen LogP contribution in [-0.4, -0.2) is 70.1 Å². The maximum atomic E-state index is 12.8. The molecule has 4 N–H and O–H groups in total. The van der Waals surface area contributed by atoms with Crippen LogP contribution in [0.4, 0.5) is 11.5 Å². The maximum Gasteiger partial charge on any atom is 0.239 e. The predicted molar refractivity (Wildman–Crippen MR) is 144 cm³/mol. The molecule has 0 atom stereocenters. The lowest BCUT2D eigenvalue weighted by atomic mass is 9.85. The number of hydrogen-bond acceptors (Lipinski definition) is 7. The minimum absolute atomic E-state index is 0.0747. The summed E-state index contributed by atoms with van der Waals surface area (Å²) in [4.78, 5) is 34.8. The van der Waals surface area contributed by atoms with Crippen molar-refractivity contribution in [1.29, 1.82) is 0 Å². The van der Waals surface area contributed by atoms with Gasteiger partial charge in [0, 0.05) is 57.0 Å². The van der Waals surface area contributed by atoms with Crippen LogP contribution in [0.25, 0.3) is 11.4 Å². The first-order valence-electron chi connectivity index (χ1n) is 12.6. The number of carbonyl (C=O) groups is 2. The molecule has 0 aliphatic carbocycles. The smallest absolute Gasteiger partial charge is 0.239 e. The summed E-state index contributed by atoms with van der Waals surface area (Å²) in [6.45, 7) is 4.09. The van der Waals surface area contributed by atoms with Crippen LogP contribution >= 0.6 is 0 Å². The molecule has 1 aliphatic heterocycles. The summed E-state index contributed by atoms with van der Waals surface area (Å²) in [7, 11) is 0. The van der Waals surface area contributed by atoms with Crippen molar-refractivity contribution in [3.05, 3.63) is 72.4 Å². The highest BCUT2D eigenvalue weighted by atomic mass is 16.3. The lowest BCUT2D eigenvalue weighted by Gasteiger charge is -2.38. The van der Waals surface area contributed by atoms with Gasteiger partial charge < -0.3 is 21.1 Å². The van der Waals surface area contributed by atoms with Crippen molar-refractivity contribution in [2.24, 2.45) is 0 Å². The van der Waals surface area contributed by atoms with Gasteiger partial charge in [-0.2, -0.15) is 0 Å². The third-order valence-electron chi connectivity index (χ3n) is 6.44. The summed E-state index contributed by atoms with van der Waals surface area (Å²) in [6.07, 6.45) is 3.49. The van der Waals surface area contributed by atoms with Gasteiger partial charge in [-0.3, -0.25) is 14.5 Å². The summed E-state index contributed by atoms with van der Waals surface area (Å²) in [5.41, 5.74) is 2.03. The third kappa shape index (κ3) is 7.83. The zero-order valence-electron chi connectivity index (χ0n) is 21.1. The second-order valence-corrected chi connectivity index (χ2v) is 9.43. The normalized spacial score (nSPS) is 15.1. The molecule has 1 saturated heterocycles. The van der Waals surface area contributed by atoms with Crippen molar-refractivity contribution in [3.8, 4) is 11.4 Å². The Hall–Kier alpha value is -3.82. The van der Waals surface area contributed by atoms with E-state index in [-0.39, 0.29) is 18.4 Å². The molecule has 0 saturated carbocycles. The summed E-state index contributed by atoms with van der Waals surface area (Å²) < 4.78 is 0. The van der Waals surface area contributed by atoms with Crippen LogP contribution in [0.3, 0.4) is 0 Å². The molecule has 3 aromatic rings. The van der Waals surface area contributed by atoms with E-state index in [1.807, 2.05) is 54.6 Å². The largest absolute Gasteiger partial charge is 0.389 e. The molecule has 194 valence electrons. The molecular formula is C28H34N6O3. The fourth-order valence-corrected chi connectivity index (χ4v) is 4.49. The van der Waals surface area contributed by atoms with Gasteiger partial charge >= 0.3 is 0 Å². The van der Waals surface area contributed by atoms with Gasteiger partial charge in [0.25, 0.3) is 0 Å². The number of aliphatic hydroxyl groups is 1. The van der Waals surface area contributed by atoms with Crippen molar-refractivity contribution < 1.29 is 14.7 Å². The number of likely N-dealkylation sites (tertiary alicyclic amines) is 1. The number of anilines is 2. The summed E-state index contributed by atoms with van der Waals surface area (Å²) in [5.74, 6) is 0.694. The Bertz CT molecular complexity index is 1200. The van der Waals surface area contributed by atoms with Gasteiger partial charge in [-0.1, -0.05) is 42.5 Å². The van der Waals surface area contributed by atoms with Crippen LogP contribution < -0.4 is 16.0 Å². The van der Waals surface area contributed by atoms with Crippen molar-refractivity contribution in [1.82, 2.24) is 20.2 Å². The Morgan fingerprint density at radius 3 is 2.49 bits per heavy atom. The zero-order chi connectivity index (χ0) is 26.1. The number of para-hydroxylation sites is 1. The second kappa shape index (κ2) is 12.4. The van der Waals surface area contributed by atoms with E-state index < -0.39 is 5.60 Å². The number of amides is 2. The van der Waals surface area contributed by atoms with E-state index in [9.17, 15) is 14.7 Å². The van der Waals surface area contributed by atoms with Gasteiger partial charge in [-0.15, -0.1) is 0 Å². The molecular weight excluding hydrogens is 468 g/mol. The molecule has 37 heavy (non-hydrogen) atoms. The van der Waals surface area contributed by atoms with Crippen LogP contribution in [0.15, 0.2) is 66.9 Å². The topological polar surface area (TPSA) is 119 Å². The number of aromatic nitrogens is 2. The number of hydrogen-bond donors (Lipinski definition) is 4. The molecule has 0 spiro atoms. The van der Waals surface area contributed by atoms with Crippen LogP contribution in [0.5, 0.6) is 0 Å². The zero-order valence-corrected chi connectivity index (χ0v) is 21.1. The minimum Gasteiger partial charge on any atom is -0.389 e. The first-order valence-corrected chi connectivity index (χ1v) is 12.6. The Labute approximate surface area is 217 Å². The highest BCUT2D eigenvalue weighted by Crippen LogP contribution is 2.27. The van der Waals surface area contributed by atoms with Crippen LogP contribution in [0.1, 0.15) is 25.3 Å². The Balaban J connectivity index is 1.31. The molecule has 4 rings (SSSR count). The molecule has 0 radical (unpaired) electrons. The number of carbonyl (C=O) groups excluding carboxylic acids is 2. The summed E-state index contributed by atoms with van der Waals surface area (Å²) in [5, 5.41) is 19.9. The van der Waals surface area contributed by atoms with Gasteiger partial charge in [0.15, 0.2) is 5.82 Å². The summed E-state index contributed by atoms with van der Waals surface area (Å²) >= 11 is 0. The molecule has 0 bridgehead atoms. The van der Waals surface area contributed by atoms with E-state index in [1.54, 1.807) is 12.3 Å². The van der Waals surface area contributed by atoms with E-state index in [1.165, 1.54) is 6.92 Å². The predicted octanol–water partition coefficient (Wildman–Crippen LogP) is 2.70. The van der Waals surface area contributed by atoms with Crippen molar-refractivity contribution >= 4 is 23.3 Å². The average molecular weight is 503 g/mol. The monoisotopic (exact) mass is 502 g/mol. The summed E-state index contributed by atoms with van der Waals surface area (Å²) in [6, 6.07) is 19.3. The molecule has 2 amide bonds. The van der Waals surface area contributed by atoms with Gasteiger partial charge in [0.2, 0.25) is 11.8 Å². The lowest BCUT2D eigenvalue weighted by Crippen LogP contribution is -2.47. The molecule has 1 aliphatic rings. The molecule has 1 aromatic heterocycles. The van der Waals surface area contributed by atoms with E-state index in [0.29, 0.717) is 57.1 Å². The van der Waals surface area contributed by atoms with Gasteiger partial charge in [0.1, 0.15) is 5.82 Å². The highest BCUT2D eigenvalue weighted by molar-refractivity contribution is 5.91. The van der Waals surface area contributed by atoms with Gasteiger partial charge in [0.05, 0.1) is 12.1 Å². The van der Waals surface area contributed by atoms with E-state index in [0.717, 1.165) is 16.8 Å². The number of piperidine rings is 1. The van der Waals surface area contributed by atoms with Gasteiger partial charge in [-0.25, -0.2) is 9.97 Å². The van der Waals surface area contributed by atoms with E-state index in [4.69, 9.17) is 0 Å². The minimum atomic E-state index is -0.737. The maximum absolute atomic E-state index is 12.8. The molecule has 9 nitrogen and oxygen atoms in total. The molecule has 2 heterocycles. The fraction of sp³-hybridized carbons (Fsp3) is 0.357. The highest BCUT2D eigenvalue weighted by Gasteiger charge is 2.32. The van der Waals surface area contributed by atoms with E-state index >= 15 is 0 Å². The SMILES string of the molecule is CC(=O)NCCNc1ccccc1-c1nccc(NC(=O)CN2CCC(O)(Cc3ccccc3)CC2)n1. The standard InChI is InChI=1S/C28H34N6O3/c1-21(35)29-15-16-30-24-10-6-5-9-23(24)27-31-14-11-25(33-27)32-26(36)20-34-17-12-28(37,13-18-34)19-22-7-3-2-4-8-22/h2-11,14,30,37H,12-13,15-20H2,1H3,(H,29,35)(H,31,32,33,36). The fourth-order valence-electron chi connectivity index (χ4n) is 4.49. The van der Waals surface area contributed by atoms with E-state index in [2.05, 4.69) is 30.8 Å². The van der Waals surface area contributed by atoms with Crippen molar-refractivity contribution in [2.45, 2.75) is 31.8 Å². The number of nitrogens with one attached hydrogen (secondary N) is 3. The first-order chi connectivity index (χ1) is 17.9. The second-order valence-electron chi connectivity index (χ2n) is 9.43. The molecule has 9 heteroatoms. The van der Waals surface area contributed by atoms with Crippen molar-refractivity contribution in [3.63, 3.8) is 0 Å². The van der Waals surface area contributed by atoms with Crippen LogP contribution in [0.2, 0.25) is 0 Å². The molecule has 0 unspecified atom stereocenters. The van der Waals surface area contributed by atoms with Crippen LogP contribution in [0, 0.1) is 0 Å². The Morgan fingerprint density at radius 2 is 1.73 bits per heavy atom. The average Bonchev–Trinajstić information content (AvgIpc) is 2.89. The Kier molecular flexibility index (Phi) is 8.81. The molecule has 1 fully saturated rings. The first kappa shape index (κ1) is 26.2. The Morgan fingerprint density at radius 1 is 1.00 bits per heavy atom. The number of nitrogens with zero attached hydrogens (tertiary/aromatic N) is 3.